The SMILES string of the molecule is CCC(Oc1ccc(Cl)cc1Cl)C(=O)NCc1cccc(C)c1. The molecule has 3 nitrogen and oxygen atoms in total. The van der Waals surface area contributed by atoms with Crippen LogP contribution in [0.3, 0.4) is 0 Å². The Morgan fingerprint density at radius 2 is 2.00 bits per heavy atom. The first-order chi connectivity index (χ1) is 11.0. The van der Waals surface area contributed by atoms with Gasteiger partial charge in [-0.2, -0.15) is 0 Å². The number of aryl methyl sites for hydroxylation is 1. The van der Waals surface area contributed by atoms with E-state index in [1.165, 1.54) is 0 Å². The fourth-order valence-electron chi connectivity index (χ4n) is 2.17. The number of benzene rings is 2. The van der Waals surface area contributed by atoms with Crippen LogP contribution in [-0.2, 0) is 11.3 Å². The van der Waals surface area contributed by atoms with E-state index in [-0.39, 0.29) is 5.91 Å². The van der Waals surface area contributed by atoms with Crippen molar-refractivity contribution in [2.24, 2.45) is 0 Å². The van der Waals surface area contributed by atoms with Crippen molar-refractivity contribution in [1.29, 1.82) is 0 Å². The Morgan fingerprint density at radius 3 is 2.65 bits per heavy atom. The first-order valence-corrected chi connectivity index (χ1v) is 8.20. The van der Waals surface area contributed by atoms with Gasteiger partial charge in [-0.3, -0.25) is 4.79 Å². The van der Waals surface area contributed by atoms with Gasteiger partial charge in [-0.25, -0.2) is 0 Å². The summed E-state index contributed by atoms with van der Waals surface area (Å²) in [6.45, 7) is 4.38. The maximum absolute atomic E-state index is 12.3. The summed E-state index contributed by atoms with van der Waals surface area (Å²) in [5.74, 6) is 0.286. The third kappa shape index (κ3) is 5.15. The lowest BCUT2D eigenvalue weighted by Crippen LogP contribution is -2.37. The number of hydrogen-bond donors (Lipinski definition) is 1. The fraction of sp³-hybridized carbons (Fsp3) is 0.278. The molecule has 1 amide bonds. The maximum atomic E-state index is 12.3. The minimum Gasteiger partial charge on any atom is -0.479 e. The third-order valence-corrected chi connectivity index (χ3v) is 3.91. The number of amides is 1. The molecule has 0 fully saturated rings. The van der Waals surface area contributed by atoms with Crippen LogP contribution in [0, 0.1) is 6.92 Å². The van der Waals surface area contributed by atoms with Gasteiger partial charge in [0.25, 0.3) is 5.91 Å². The largest absolute Gasteiger partial charge is 0.479 e. The van der Waals surface area contributed by atoms with Crippen LogP contribution < -0.4 is 10.1 Å². The average Bonchev–Trinajstić information content (AvgIpc) is 2.52. The third-order valence-electron chi connectivity index (χ3n) is 3.38. The molecule has 0 heterocycles. The monoisotopic (exact) mass is 351 g/mol. The highest BCUT2D eigenvalue weighted by molar-refractivity contribution is 6.35. The van der Waals surface area contributed by atoms with Crippen molar-refractivity contribution in [1.82, 2.24) is 5.32 Å². The Morgan fingerprint density at radius 1 is 1.22 bits per heavy atom. The summed E-state index contributed by atoms with van der Waals surface area (Å²) in [7, 11) is 0. The van der Waals surface area contributed by atoms with Crippen LogP contribution in [0.4, 0.5) is 0 Å². The number of ether oxygens (including phenoxy) is 1. The summed E-state index contributed by atoms with van der Waals surface area (Å²) in [5, 5.41) is 3.81. The first-order valence-electron chi connectivity index (χ1n) is 7.44. The van der Waals surface area contributed by atoms with Crippen molar-refractivity contribution < 1.29 is 9.53 Å². The second kappa shape index (κ2) is 8.23. The summed E-state index contributed by atoms with van der Waals surface area (Å²) in [4.78, 5) is 12.3. The van der Waals surface area contributed by atoms with E-state index >= 15 is 0 Å². The highest BCUT2D eigenvalue weighted by Gasteiger charge is 2.19. The second-order valence-electron chi connectivity index (χ2n) is 5.30. The number of nitrogens with one attached hydrogen (secondary N) is 1. The molecule has 5 heteroatoms. The van der Waals surface area contributed by atoms with Gasteiger partial charge in [-0.1, -0.05) is 60.0 Å². The number of carbonyl (C=O) groups is 1. The number of halogens is 2. The molecule has 0 aliphatic rings. The quantitative estimate of drug-likeness (QED) is 0.813. The van der Waals surface area contributed by atoms with Crippen molar-refractivity contribution in [3.05, 3.63) is 63.6 Å². The lowest BCUT2D eigenvalue weighted by atomic mass is 10.1. The van der Waals surface area contributed by atoms with Crippen molar-refractivity contribution in [3.63, 3.8) is 0 Å². The summed E-state index contributed by atoms with van der Waals surface area (Å²) < 4.78 is 5.72. The van der Waals surface area contributed by atoms with E-state index in [1.54, 1.807) is 18.2 Å². The normalized spacial score (nSPS) is 11.8. The molecule has 2 aromatic rings. The minimum absolute atomic E-state index is 0.167. The van der Waals surface area contributed by atoms with Crippen molar-refractivity contribution >= 4 is 29.1 Å². The Kier molecular flexibility index (Phi) is 6.31. The van der Waals surface area contributed by atoms with Gasteiger partial charge in [0.1, 0.15) is 5.75 Å². The molecule has 0 aromatic heterocycles. The van der Waals surface area contributed by atoms with Crippen LogP contribution in [0.2, 0.25) is 10.0 Å². The van der Waals surface area contributed by atoms with Crippen LogP contribution >= 0.6 is 23.2 Å². The molecule has 1 unspecified atom stereocenters. The standard InChI is InChI=1S/C18H19Cl2NO2/c1-3-16(23-17-8-7-14(19)10-15(17)20)18(22)21-11-13-6-4-5-12(2)9-13/h4-10,16H,3,11H2,1-2H3,(H,21,22). The fourth-order valence-corrected chi connectivity index (χ4v) is 2.62. The number of hydrogen-bond acceptors (Lipinski definition) is 2. The molecule has 0 aliphatic heterocycles. The maximum Gasteiger partial charge on any atom is 0.261 e. The van der Waals surface area contributed by atoms with E-state index < -0.39 is 6.10 Å². The van der Waals surface area contributed by atoms with E-state index in [1.807, 2.05) is 38.1 Å². The van der Waals surface area contributed by atoms with Crippen molar-refractivity contribution in [2.45, 2.75) is 32.9 Å². The molecule has 23 heavy (non-hydrogen) atoms. The molecule has 1 atom stereocenters. The van der Waals surface area contributed by atoms with Gasteiger partial charge in [0.2, 0.25) is 0 Å². The second-order valence-corrected chi connectivity index (χ2v) is 6.14. The van der Waals surface area contributed by atoms with Gasteiger partial charge in [-0.15, -0.1) is 0 Å². The Hall–Kier alpha value is -1.71. The predicted molar refractivity (Wildman–Crippen MR) is 94.2 cm³/mol. The van der Waals surface area contributed by atoms with Crippen LogP contribution in [-0.4, -0.2) is 12.0 Å². The molecule has 0 aliphatic carbocycles. The molecule has 0 saturated carbocycles. The summed E-state index contributed by atoms with van der Waals surface area (Å²) >= 11 is 11.9. The zero-order chi connectivity index (χ0) is 16.8. The molecule has 0 bridgehead atoms. The van der Waals surface area contributed by atoms with E-state index in [4.69, 9.17) is 27.9 Å². The molecular formula is C18H19Cl2NO2. The molecule has 2 aromatic carbocycles. The summed E-state index contributed by atoms with van der Waals surface area (Å²) in [6.07, 6.45) is -0.0583. The summed E-state index contributed by atoms with van der Waals surface area (Å²) in [5.41, 5.74) is 2.21. The van der Waals surface area contributed by atoms with E-state index in [0.717, 1.165) is 11.1 Å². The minimum atomic E-state index is -0.599. The highest BCUT2D eigenvalue weighted by atomic mass is 35.5. The van der Waals surface area contributed by atoms with Gasteiger partial charge in [0, 0.05) is 11.6 Å². The molecule has 0 radical (unpaired) electrons. The van der Waals surface area contributed by atoms with Gasteiger partial charge in [-0.05, 0) is 37.1 Å². The van der Waals surface area contributed by atoms with Gasteiger partial charge in [0.05, 0.1) is 5.02 Å². The van der Waals surface area contributed by atoms with E-state index in [9.17, 15) is 4.79 Å². The molecule has 122 valence electrons. The average molecular weight is 352 g/mol. The van der Waals surface area contributed by atoms with Crippen molar-refractivity contribution in [2.75, 3.05) is 0 Å². The van der Waals surface area contributed by atoms with Gasteiger partial charge < -0.3 is 10.1 Å². The zero-order valence-electron chi connectivity index (χ0n) is 13.1. The Bertz CT molecular complexity index is 688. The van der Waals surface area contributed by atoms with Crippen LogP contribution in [0.25, 0.3) is 0 Å². The van der Waals surface area contributed by atoms with Gasteiger partial charge in [0.15, 0.2) is 6.10 Å². The first kappa shape index (κ1) is 17.6. The lowest BCUT2D eigenvalue weighted by Gasteiger charge is -2.18. The number of rotatable bonds is 6. The molecule has 0 saturated heterocycles. The highest BCUT2D eigenvalue weighted by Crippen LogP contribution is 2.28. The molecular weight excluding hydrogens is 333 g/mol. The predicted octanol–water partition coefficient (Wildman–Crippen LogP) is 4.78. The van der Waals surface area contributed by atoms with Crippen molar-refractivity contribution in [3.8, 4) is 5.75 Å². The van der Waals surface area contributed by atoms with Gasteiger partial charge >= 0.3 is 0 Å². The number of carbonyl (C=O) groups excluding carboxylic acids is 1. The van der Waals surface area contributed by atoms with Crippen LogP contribution in [0.1, 0.15) is 24.5 Å². The zero-order valence-corrected chi connectivity index (χ0v) is 14.6. The van der Waals surface area contributed by atoms with Crippen LogP contribution in [0.5, 0.6) is 5.75 Å². The smallest absolute Gasteiger partial charge is 0.261 e. The van der Waals surface area contributed by atoms with Crippen LogP contribution in [0.15, 0.2) is 42.5 Å². The van der Waals surface area contributed by atoms with E-state index in [0.29, 0.717) is 28.8 Å². The topological polar surface area (TPSA) is 38.3 Å². The lowest BCUT2D eigenvalue weighted by molar-refractivity contribution is -0.128. The molecule has 1 N–H and O–H groups in total. The van der Waals surface area contributed by atoms with E-state index in [2.05, 4.69) is 5.32 Å². The molecule has 0 spiro atoms. The summed E-state index contributed by atoms with van der Waals surface area (Å²) in [6, 6.07) is 12.9. The Labute approximate surface area is 146 Å². The molecule has 2 rings (SSSR count). The Balaban J connectivity index is 1.98.